The van der Waals surface area contributed by atoms with E-state index in [1.54, 1.807) is 0 Å². The highest BCUT2D eigenvalue weighted by Gasteiger charge is 2.46. The van der Waals surface area contributed by atoms with Crippen molar-refractivity contribution in [3.63, 3.8) is 0 Å². The molecular formula is C65H43NO. The fourth-order valence-corrected chi connectivity index (χ4v) is 11.1. The van der Waals surface area contributed by atoms with Crippen LogP contribution in [-0.4, -0.2) is 0 Å². The van der Waals surface area contributed by atoms with Gasteiger partial charge in [-0.3, -0.25) is 0 Å². The number of anilines is 3. The second-order valence-corrected chi connectivity index (χ2v) is 17.5. The molecule has 67 heavy (non-hydrogen) atoms. The lowest BCUT2D eigenvalue weighted by atomic mass is 9.67. The molecular weight excluding hydrogens is 811 g/mol. The topological polar surface area (TPSA) is 16.4 Å². The van der Waals surface area contributed by atoms with Crippen molar-refractivity contribution in [3.8, 4) is 44.5 Å². The Morgan fingerprint density at radius 3 is 1.55 bits per heavy atom. The number of benzene rings is 11. The predicted molar refractivity (Wildman–Crippen MR) is 280 cm³/mol. The first kappa shape index (κ1) is 38.7. The van der Waals surface area contributed by atoms with Crippen LogP contribution in [0.25, 0.3) is 77.2 Å². The quantitative estimate of drug-likeness (QED) is 0.151. The Balaban J connectivity index is 1.10. The van der Waals surface area contributed by atoms with Gasteiger partial charge in [0.25, 0.3) is 0 Å². The van der Waals surface area contributed by atoms with Gasteiger partial charge in [-0.1, -0.05) is 218 Å². The average Bonchev–Trinajstić information content (AvgIpc) is 3.94. The van der Waals surface area contributed by atoms with Crippen LogP contribution in [0.15, 0.2) is 265 Å². The third kappa shape index (κ3) is 6.11. The van der Waals surface area contributed by atoms with Crippen molar-refractivity contribution < 1.29 is 4.42 Å². The van der Waals surface area contributed by atoms with Crippen LogP contribution in [0.2, 0.25) is 0 Å². The van der Waals surface area contributed by atoms with Crippen molar-refractivity contribution in [2.45, 2.75) is 5.41 Å². The second kappa shape index (κ2) is 15.8. The van der Waals surface area contributed by atoms with Crippen molar-refractivity contribution in [3.05, 3.63) is 283 Å². The largest absolute Gasteiger partial charge is 0.455 e. The lowest BCUT2D eigenvalue weighted by Gasteiger charge is -2.35. The normalized spacial score (nSPS) is 12.6. The van der Waals surface area contributed by atoms with Crippen molar-refractivity contribution >= 4 is 49.8 Å². The Labute approximate surface area is 390 Å². The molecule has 0 saturated heterocycles. The molecule has 0 bridgehead atoms. The Morgan fingerprint density at radius 2 is 0.851 bits per heavy atom. The van der Waals surface area contributed by atoms with Crippen LogP contribution in [0.5, 0.6) is 0 Å². The zero-order chi connectivity index (χ0) is 44.3. The van der Waals surface area contributed by atoms with E-state index in [1.165, 1.54) is 66.8 Å². The van der Waals surface area contributed by atoms with Crippen molar-refractivity contribution in [1.82, 2.24) is 0 Å². The molecule has 1 heterocycles. The molecule has 11 aromatic carbocycles. The van der Waals surface area contributed by atoms with E-state index < -0.39 is 5.41 Å². The van der Waals surface area contributed by atoms with Crippen LogP contribution >= 0.6 is 0 Å². The van der Waals surface area contributed by atoms with Crippen molar-refractivity contribution in [1.29, 1.82) is 0 Å². The minimum absolute atomic E-state index is 0.554. The Kier molecular flexibility index (Phi) is 9.11. The molecule has 0 fully saturated rings. The summed E-state index contributed by atoms with van der Waals surface area (Å²) in [5.74, 6) is 0. The molecule has 2 nitrogen and oxygen atoms in total. The van der Waals surface area contributed by atoms with Crippen LogP contribution in [0.1, 0.15) is 22.3 Å². The SMILES string of the molecule is c1ccc(-c2ccc(N(c3ccc4c(c3)C(c3ccccc3)(c3ccccc3)c3ccccc3-4)c3cccc4oc5c6ccccc6c(-c6ccccc6-c6ccccc6)cc5c34)cc2)cc1. The van der Waals surface area contributed by atoms with Gasteiger partial charge in [0.15, 0.2) is 0 Å². The number of fused-ring (bicyclic) bond motifs is 8. The Morgan fingerprint density at radius 1 is 0.313 bits per heavy atom. The molecule has 12 aromatic rings. The smallest absolute Gasteiger partial charge is 0.143 e. The lowest BCUT2D eigenvalue weighted by Crippen LogP contribution is -2.28. The molecule has 0 amide bonds. The minimum atomic E-state index is -0.554. The maximum Gasteiger partial charge on any atom is 0.143 e. The number of furan rings is 1. The van der Waals surface area contributed by atoms with E-state index in [0.717, 1.165) is 49.8 Å². The molecule has 314 valence electrons. The molecule has 0 spiro atoms. The molecule has 0 saturated carbocycles. The summed E-state index contributed by atoms with van der Waals surface area (Å²) in [5.41, 5.74) is 18.9. The molecule has 0 atom stereocenters. The van der Waals surface area contributed by atoms with E-state index in [9.17, 15) is 0 Å². The van der Waals surface area contributed by atoms with Gasteiger partial charge in [-0.15, -0.1) is 0 Å². The summed E-state index contributed by atoms with van der Waals surface area (Å²) in [6, 6.07) is 94.9. The fourth-order valence-electron chi connectivity index (χ4n) is 11.1. The van der Waals surface area contributed by atoms with Gasteiger partial charge in [-0.05, 0) is 115 Å². The summed E-state index contributed by atoms with van der Waals surface area (Å²) in [7, 11) is 0. The number of hydrogen-bond donors (Lipinski definition) is 0. The molecule has 13 rings (SSSR count). The Hall–Kier alpha value is -8.72. The summed E-state index contributed by atoms with van der Waals surface area (Å²) in [5, 5.41) is 4.38. The van der Waals surface area contributed by atoms with Crippen molar-refractivity contribution in [2.24, 2.45) is 0 Å². The molecule has 0 unspecified atom stereocenters. The Bertz CT molecular complexity index is 3740. The third-order valence-corrected chi connectivity index (χ3v) is 14.0. The van der Waals surface area contributed by atoms with E-state index >= 15 is 0 Å². The average molecular weight is 854 g/mol. The summed E-state index contributed by atoms with van der Waals surface area (Å²) in [6.45, 7) is 0. The first-order chi connectivity index (χ1) is 33.3. The van der Waals surface area contributed by atoms with Gasteiger partial charge in [-0.25, -0.2) is 0 Å². The van der Waals surface area contributed by atoms with Crippen LogP contribution in [0, 0.1) is 0 Å². The van der Waals surface area contributed by atoms with Crippen LogP contribution in [0.3, 0.4) is 0 Å². The summed E-state index contributed by atoms with van der Waals surface area (Å²) in [4.78, 5) is 2.45. The van der Waals surface area contributed by atoms with E-state index in [4.69, 9.17) is 4.42 Å². The number of hydrogen-bond acceptors (Lipinski definition) is 2. The van der Waals surface area contributed by atoms with Gasteiger partial charge in [0.05, 0.1) is 16.5 Å². The maximum absolute atomic E-state index is 7.05. The standard InChI is InChI=1S/C65H43NO/c1-5-20-44(21-6-1)45-36-38-49(39-37-45)66(50-40-41-55-54-31-17-18-33-59(54)65(60(55)42-50,47-24-9-3-10-25-47)48-26-11-4-12-27-48)61-34-19-35-62-63(61)58-43-57(53-30-15-16-32-56(53)64(58)67-62)52-29-14-13-28-51(52)46-22-7-2-8-23-46/h1-43H. The molecule has 2 heteroatoms. The summed E-state index contributed by atoms with van der Waals surface area (Å²) < 4.78 is 7.05. The lowest BCUT2D eigenvalue weighted by molar-refractivity contribution is 0.672. The maximum atomic E-state index is 7.05. The van der Waals surface area contributed by atoms with Crippen LogP contribution in [-0.2, 0) is 5.41 Å². The number of nitrogens with zero attached hydrogens (tertiary/aromatic N) is 1. The molecule has 1 aromatic heterocycles. The minimum Gasteiger partial charge on any atom is -0.455 e. The highest BCUT2D eigenvalue weighted by molar-refractivity contribution is 6.23. The third-order valence-electron chi connectivity index (χ3n) is 14.0. The molecule has 1 aliphatic carbocycles. The predicted octanol–water partition coefficient (Wildman–Crippen LogP) is 17.6. The van der Waals surface area contributed by atoms with E-state index in [2.05, 4.69) is 266 Å². The van der Waals surface area contributed by atoms with Gasteiger partial charge in [0.1, 0.15) is 11.2 Å². The molecule has 0 aliphatic heterocycles. The van der Waals surface area contributed by atoms with Gasteiger partial charge in [0.2, 0.25) is 0 Å². The molecule has 0 radical (unpaired) electrons. The first-order valence-corrected chi connectivity index (χ1v) is 23.1. The van der Waals surface area contributed by atoms with Gasteiger partial charge < -0.3 is 9.32 Å². The number of rotatable bonds is 8. The van der Waals surface area contributed by atoms with Crippen LogP contribution < -0.4 is 4.90 Å². The van der Waals surface area contributed by atoms with E-state index in [-0.39, 0.29) is 0 Å². The zero-order valence-corrected chi connectivity index (χ0v) is 36.7. The fraction of sp³-hybridized carbons (Fsp3) is 0.0154. The molecule has 1 aliphatic rings. The second-order valence-electron chi connectivity index (χ2n) is 17.5. The molecule has 0 N–H and O–H groups in total. The highest BCUT2D eigenvalue weighted by Crippen LogP contribution is 2.58. The summed E-state index contributed by atoms with van der Waals surface area (Å²) >= 11 is 0. The highest BCUT2D eigenvalue weighted by atomic mass is 16.3. The van der Waals surface area contributed by atoms with Crippen LogP contribution in [0.4, 0.5) is 17.1 Å². The van der Waals surface area contributed by atoms with Gasteiger partial charge in [-0.2, -0.15) is 0 Å². The van der Waals surface area contributed by atoms with Gasteiger partial charge >= 0.3 is 0 Å². The summed E-state index contributed by atoms with van der Waals surface area (Å²) in [6.07, 6.45) is 0. The van der Waals surface area contributed by atoms with E-state index in [0.29, 0.717) is 0 Å². The monoisotopic (exact) mass is 853 g/mol. The zero-order valence-electron chi connectivity index (χ0n) is 36.7. The van der Waals surface area contributed by atoms with Gasteiger partial charge in [0, 0.05) is 22.1 Å². The first-order valence-electron chi connectivity index (χ1n) is 23.1. The van der Waals surface area contributed by atoms with E-state index in [1.807, 2.05) is 0 Å². The van der Waals surface area contributed by atoms with Crippen molar-refractivity contribution in [2.75, 3.05) is 4.90 Å².